The van der Waals surface area contributed by atoms with Gasteiger partial charge in [0.15, 0.2) is 9.84 Å². The van der Waals surface area contributed by atoms with Gasteiger partial charge < -0.3 is 10.4 Å². The van der Waals surface area contributed by atoms with Gasteiger partial charge in [-0.25, -0.2) is 8.42 Å². The molecule has 0 amide bonds. The molecule has 0 saturated carbocycles. The third kappa shape index (κ3) is 2.36. The zero-order chi connectivity index (χ0) is 14.2. The normalized spacial score (nSPS) is 20.1. The monoisotopic (exact) mass is 289 g/mol. The van der Waals surface area contributed by atoms with Gasteiger partial charge in [0.25, 0.3) is 0 Å². The van der Waals surface area contributed by atoms with Gasteiger partial charge in [-0.15, -0.1) is 0 Å². The van der Waals surface area contributed by atoms with E-state index in [1.54, 1.807) is 30.3 Å². The van der Waals surface area contributed by atoms with Crippen LogP contribution < -0.4 is 5.32 Å². The summed E-state index contributed by atoms with van der Waals surface area (Å²) in [7, 11) is -3.16. The Morgan fingerprint density at radius 2 is 1.90 bits per heavy atom. The van der Waals surface area contributed by atoms with E-state index in [1.165, 1.54) is 0 Å². The first-order valence-electron chi connectivity index (χ1n) is 6.43. The van der Waals surface area contributed by atoms with Crippen molar-refractivity contribution in [1.82, 2.24) is 0 Å². The molecule has 2 aromatic rings. The first kappa shape index (κ1) is 13.0. The number of sulfone groups is 1. The highest BCUT2D eigenvalue weighted by molar-refractivity contribution is 7.91. The van der Waals surface area contributed by atoms with Crippen LogP contribution in [0.3, 0.4) is 0 Å². The highest BCUT2D eigenvalue weighted by Crippen LogP contribution is 2.34. The van der Waals surface area contributed by atoms with Crippen molar-refractivity contribution in [2.75, 3.05) is 11.1 Å². The van der Waals surface area contributed by atoms with Gasteiger partial charge in [-0.2, -0.15) is 0 Å². The van der Waals surface area contributed by atoms with Crippen molar-refractivity contribution in [3.63, 3.8) is 0 Å². The highest BCUT2D eigenvalue weighted by atomic mass is 32.2. The van der Waals surface area contributed by atoms with E-state index in [1.807, 2.05) is 18.2 Å². The average Bonchev–Trinajstić information content (AvgIpc) is 2.43. The SMILES string of the molecule is O=S1(=O)CCC(Nc2cccc(O)c2)c2ccccc21. The summed E-state index contributed by atoms with van der Waals surface area (Å²) in [6.45, 7) is 0. The molecule has 1 unspecified atom stereocenters. The largest absolute Gasteiger partial charge is 0.508 e. The van der Waals surface area contributed by atoms with Crippen LogP contribution in [0, 0.1) is 0 Å². The second kappa shape index (κ2) is 4.83. The van der Waals surface area contributed by atoms with E-state index >= 15 is 0 Å². The van der Waals surface area contributed by atoms with Crippen molar-refractivity contribution in [2.45, 2.75) is 17.4 Å². The van der Waals surface area contributed by atoms with Crippen LogP contribution in [0.2, 0.25) is 0 Å². The fourth-order valence-electron chi connectivity index (χ4n) is 2.54. The summed E-state index contributed by atoms with van der Waals surface area (Å²) >= 11 is 0. The van der Waals surface area contributed by atoms with Gasteiger partial charge in [0.05, 0.1) is 16.7 Å². The van der Waals surface area contributed by atoms with Crippen molar-refractivity contribution in [1.29, 1.82) is 0 Å². The van der Waals surface area contributed by atoms with Crippen LogP contribution >= 0.6 is 0 Å². The van der Waals surface area contributed by atoms with Crippen molar-refractivity contribution in [3.8, 4) is 5.75 Å². The number of benzene rings is 2. The molecule has 5 heteroatoms. The van der Waals surface area contributed by atoms with Crippen LogP contribution in [0.5, 0.6) is 5.75 Å². The standard InChI is InChI=1S/C15H15NO3S/c17-12-5-3-4-11(10-12)16-14-8-9-20(18,19)15-7-2-1-6-13(14)15/h1-7,10,14,16-17H,8-9H2. The van der Waals surface area contributed by atoms with Gasteiger partial charge in [0.1, 0.15) is 5.75 Å². The van der Waals surface area contributed by atoms with E-state index in [2.05, 4.69) is 5.32 Å². The van der Waals surface area contributed by atoms with Gasteiger partial charge >= 0.3 is 0 Å². The lowest BCUT2D eigenvalue weighted by molar-refractivity contribution is 0.475. The lowest BCUT2D eigenvalue weighted by Gasteiger charge is -2.27. The molecule has 1 aliphatic heterocycles. The van der Waals surface area contributed by atoms with Gasteiger partial charge in [0.2, 0.25) is 0 Å². The third-order valence-corrected chi connectivity index (χ3v) is 5.31. The number of hydrogen-bond donors (Lipinski definition) is 2. The predicted octanol–water partition coefficient (Wildman–Crippen LogP) is 2.72. The summed E-state index contributed by atoms with van der Waals surface area (Å²) in [5.74, 6) is 0.326. The van der Waals surface area contributed by atoms with E-state index in [9.17, 15) is 13.5 Å². The quantitative estimate of drug-likeness (QED) is 0.892. The molecule has 0 aliphatic carbocycles. The molecule has 0 saturated heterocycles. The Balaban J connectivity index is 1.96. The lowest BCUT2D eigenvalue weighted by Crippen LogP contribution is -2.24. The molecule has 1 heterocycles. The Labute approximate surface area is 118 Å². The average molecular weight is 289 g/mol. The minimum absolute atomic E-state index is 0.0588. The van der Waals surface area contributed by atoms with Crippen molar-refractivity contribution >= 4 is 15.5 Å². The third-order valence-electron chi connectivity index (χ3n) is 3.49. The van der Waals surface area contributed by atoms with Gasteiger partial charge in [-0.05, 0) is 30.2 Å². The second-order valence-corrected chi connectivity index (χ2v) is 6.97. The molecule has 4 nitrogen and oxygen atoms in total. The Morgan fingerprint density at radius 3 is 2.70 bits per heavy atom. The van der Waals surface area contributed by atoms with E-state index in [4.69, 9.17) is 0 Å². The van der Waals surface area contributed by atoms with Crippen LogP contribution in [-0.4, -0.2) is 19.3 Å². The summed E-state index contributed by atoms with van der Waals surface area (Å²) < 4.78 is 24.1. The molecule has 0 radical (unpaired) electrons. The molecule has 0 spiro atoms. The topological polar surface area (TPSA) is 66.4 Å². The molecule has 0 fully saturated rings. The van der Waals surface area contributed by atoms with Crippen molar-refractivity contribution in [3.05, 3.63) is 54.1 Å². The number of nitrogens with one attached hydrogen (secondary N) is 1. The molecule has 0 aromatic heterocycles. The number of rotatable bonds is 2. The Bertz CT molecular complexity index is 740. The number of phenolic OH excluding ortho intramolecular Hbond substituents is 1. The number of aromatic hydroxyl groups is 1. The molecular formula is C15H15NO3S. The maximum Gasteiger partial charge on any atom is 0.178 e. The second-order valence-electron chi connectivity index (χ2n) is 4.89. The summed E-state index contributed by atoms with van der Waals surface area (Å²) in [4.78, 5) is 0.406. The van der Waals surface area contributed by atoms with Crippen LogP contribution in [0.25, 0.3) is 0 Å². The first-order valence-corrected chi connectivity index (χ1v) is 8.09. The smallest absolute Gasteiger partial charge is 0.178 e. The fourth-order valence-corrected chi connectivity index (χ4v) is 4.16. The zero-order valence-electron chi connectivity index (χ0n) is 10.8. The van der Waals surface area contributed by atoms with Crippen LogP contribution in [-0.2, 0) is 9.84 Å². The molecular weight excluding hydrogens is 274 g/mol. The van der Waals surface area contributed by atoms with Crippen molar-refractivity contribution in [2.24, 2.45) is 0 Å². The molecule has 2 N–H and O–H groups in total. The maximum atomic E-state index is 12.1. The van der Waals surface area contributed by atoms with Crippen molar-refractivity contribution < 1.29 is 13.5 Å². The number of anilines is 1. The molecule has 20 heavy (non-hydrogen) atoms. The first-order chi connectivity index (χ1) is 9.56. The Morgan fingerprint density at radius 1 is 1.10 bits per heavy atom. The minimum atomic E-state index is -3.16. The Kier molecular flexibility index (Phi) is 3.14. The molecule has 104 valence electrons. The summed E-state index contributed by atoms with van der Waals surface area (Å²) in [5, 5.41) is 12.8. The van der Waals surface area contributed by atoms with E-state index in [0.29, 0.717) is 11.3 Å². The minimum Gasteiger partial charge on any atom is -0.508 e. The molecule has 2 aromatic carbocycles. The number of phenols is 1. The van der Waals surface area contributed by atoms with Crippen LogP contribution in [0.4, 0.5) is 5.69 Å². The molecule has 3 rings (SSSR count). The van der Waals surface area contributed by atoms with E-state index < -0.39 is 9.84 Å². The number of hydrogen-bond acceptors (Lipinski definition) is 4. The van der Waals surface area contributed by atoms with Gasteiger partial charge in [0, 0.05) is 11.8 Å². The van der Waals surface area contributed by atoms with Gasteiger partial charge in [-0.1, -0.05) is 24.3 Å². The van der Waals surface area contributed by atoms with Crippen LogP contribution in [0.1, 0.15) is 18.0 Å². The van der Waals surface area contributed by atoms with E-state index in [0.717, 1.165) is 11.3 Å². The van der Waals surface area contributed by atoms with Gasteiger partial charge in [-0.3, -0.25) is 0 Å². The maximum absolute atomic E-state index is 12.1. The zero-order valence-corrected chi connectivity index (χ0v) is 11.6. The Hall–Kier alpha value is -2.01. The number of fused-ring (bicyclic) bond motifs is 1. The lowest BCUT2D eigenvalue weighted by atomic mass is 10.0. The molecule has 0 bridgehead atoms. The van der Waals surface area contributed by atoms with E-state index in [-0.39, 0.29) is 17.5 Å². The highest BCUT2D eigenvalue weighted by Gasteiger charge is 2.29. The van der Waals surface area contributed by atoms with Crippen LogP contribution in [0.15, 0.2) is 53.4 Å². The summed E-state index contributed by atoms with van der Waals surface area (Å²) in [5.41, 5.74) is 1.58. The fraction of sp³-hybridized carbons (Fsp3) is 0.200. The summed E-state index contributed by atoms with van der Waals surface area (Å²) in [6, 6.07) is 13.9. The predicted molar refractivity (Wildman–Crippen MR) is 77.6 cm³/mol. The molecule has 1 atom stereocenters. The molecule has 1 aliphatic rings. The summed E-state index contributed by atoms with van der Waals surface area (Å²) in [6.07, 6.45) is 0.523.